The lowest BCUT2D eigenvalue weighted by Crippen LogP contribution is -2.66. The van der Waals surface area contributed by atoms with Gasteiger partial charge in [-0.2, -0.15) is 5.48 Å². The molecule has 19 atom stereocenters. The zero-order valence-electron chi connectivity index (χ0n) is 34.4. The number of ether oxygens (including phenoxy) is 4. The number of aliphatic hydroxyl groups is 6. The van der Waals surface area contributed by atoms with Crippen LogP contribution in [0.15, 0.2) is 23.8 Å². The Labute approximate surface area is 327 Å². The number of ketones is 1. The van der Waals surface area contributed by atoms with Crippen LogP contribution in [-0.4, -0.2) is 122 Å². The van der Waals surface area contributed by atoms with Gasteiger partial charge < -0.3 is 54.8 Å². The van der Waals surface area contributed by atoms with Gasteiger partial charge in [-0.15, -0.1) is 0 Å². The van der Waals surface area contributed by atoms with Gasteiger partial charge in [0.25, 0.3) is 0 Å². The number of rotatable bonds is 12. The molecule has 0 aromatic rings. The van der Waals surface area contributed by atoms with Crippen LogP contribution in [0, 0.1) is 45.8 Å². The summed E-state index contributed by atoms with van der Waals surface area (Å²) < 4.78 is 24.5. The summed E-state index contributed by atoms with van der Waals surface area (Å²) in [6.45, 7) is 22.4. The van der Waals surface area contributed by atoms with Crippen LogP contribution in [0.5, 0.6) is 0 Å². The van der Waals surface area contributed by atoms with Crippen molar-refractivity contribution >= 4 is 5.78 Å². The highest BCUT2D eigenvalue weighted by atomic mass is 16.8. The van der Waals surface area contributed by atoms with Gasteiger partial charge in [0.05, 0.1) is 31.0 Å². The van der Waals surface area contributed by atoms with Gasteiger partial charge in [0, 0.05) is 0 Å². The van der Waals surface area contributed by atoms with Crippen molar-refractivity contribution in [1.82, 2.24) is 5.48 Å². The van der Waals surface area contributed by atoms with Gasteiger partial charge in [0.1, 0.15) is 30.5 Å². The molecule has 13 nitrogen and oxygen atoms in total. The third-order valence-corrected chi connectivity index (χ3v) is 15.2. The van der Waals surface area contributed by atoms with Crippen LogP contribution in [0.1, 0.15) is 107 Å². The summed E-state index contributed by atoms with van der Waals surface area (Å²) in [5.41, 5.74) is 3.12. The molecule has 8 N–H and O–H groups in total. The maximum atomic E-state index is 13.9. The zero-order chi connectivity index (χ0) is 40.9. The molecule has 3 saturated carbocycles. The first-order chi connectivity index (χ1) is 25.6. The van der Waals surface area contributed by atoms with E-state index in [-0.39, 0.29) is 35.0 Å². The van der Waals surface area contributed by atoms with E-state index in [1.807, 2.05) is 26.3 Å². The molecule has 0 aromatic heterocycles. The second kappa shape index (κ2) is 17.1. The minimum atomic E-state index is -1.72. The highest BCUT2D eigenvalue weighted by Crippen LogP contribution is 2.67. The molecule has 5 rings (SSSR count). The second-order valence-corrected chi connectivity index (χ2v) is 19.0. The minimum absolute atomic E-state index is 0.0542. The van der Waals surface area contributed by atoms with Gasteiger partial charge in [-0.1, -0.05) is 58.4 Å². The van der Waals surface area contributed by atoms with Crippen molar-refractivity contribution in [3.05, 3.63) is 23.8 Å². The highest BCUT2D eigenvalue weighted by Gasteiger charge is 2.64. The molecule has 2 saturated heterocycles. The molecule has 19 unspecified atom stereocenters. The van der Waals surface area contributed by atoms with Crippen LogP contribution in [0.2, 0.25) is 0 Å². The van der Waals surface area contributed by atoms with Crippen LogP contribution in [0.3, 0.4) is 0 Å². The number of Topliss-reactive ketones (excluding diaryl/α,β-unsaturated/α-hetero) is 1. The largest absolute Gasteiger partial charge is 0.394 e. The van der Waals surface area contributed by atoms with E-state index < -0.39 is 96.8 Å². The number of hydroxylamine groups is 1. The number of carbonyl (C=O) groups is 1. The Morgan fingerprint density at radius 3 is 2.25 bits per heavy atom. The number of nitrogens with one attached hydrogen (secondary N) is 1. The van der Waals surface area contributed by atoms with Gasteiger partial charge in [0.15, 0.2) is 24.5 Å². The Bertz CT molecular complexity index is 1390. The van der Waals surface area contributed by atoms with E-state index in [1.54, 1.807) is 0 Å². The van der Waals surface area contributed by atoms with Crippen molar-refractivity contribution in [3.8, 4) is 0 Å². The van der Waals surface area contributed by atoms with Crippen molar-refractivity contribution in [3.63, 3.8) is 0 Å². The number of allylic oxidation sites excluding steroid dienone is 3. The SMILES string of the molecule is C=C(CCC=C(C)C)C1CCC2(C)C(C)C(C3(C)CCC(O)C(C)(C)C3C(C)OC3OC(CO)C(NO)C(=O)C3OC3OC(C)C(O)C(O)C3O)CC(O)C12. The number of hydrogen-bond donors (Lipinski definition) is 8. The maximum Gasteiger partial charge on any atom is 0.191 e. The van der Waals surface area contributed by atoms with E-state index in [0.29, 0.717) is 19.3 Å². The van der Waals surface area contributed by atoms with Crippen LogP contribution >= 0.6 is 0 Å². The quantitative estimate of drug-likeness (QED) is 0.106. The maximum absolute atomic E-state index is 13.9. The molecule has 0 radical (unpaired) electrons. The summed E-state index contributed by atoms with van der Waals surface area (Å²) in [5, 5.41) is 75.3. The van der Waals surface area contributed by atoms with Gasteiger partial charge in [0.2, 0.25) is 0 Å². The van der Waals surface area contributed by atoms with E-state index in [9.17, 15) is 40.6 Å². The second-order valence-electron chi connectivity index (χ2n) is 19.0. The molecule has 0 amide bonds. The topological polar surface area (TPSA) is 208 Å². The van der Waals surface area contributed by atoms with Gasteiger partial charge in [-0.05, 0) is 118 Å². The molecule has 316 valence electrons. The molecule has 2 aliphatic heterocycles. The fourth-order valence-corrected chi connectivity index (χ4v) is 12.1. The van der Waals surface area contributed by atoms with E-state index >= 15 is 0 Å². The van der Waals surface area contributed by atoms with Gasteiger partial charge >= 0.3 is 0 Å². The molecule has 55 heavy (non-hydrogen) atoms. The Morgan fingerprint density at radius 1 is 0.982 bits per heavy atom. The predicted molar refractivity (Wildman–Crippen MR) is 203 cm³/mol. The first-order valence-corrected chi connectivity index (χ1v) is 20.5. The van der Waals surface area contributed by atoms with Crippen LogP contribution in [-0.2, 0) is 23.7 Å². The molecule has 3 aliphatic carbocycles. The molecule has 0 spiro atoms. The molecule has 0 aromatic carbocycles. The molecular weight excluding hydrogens is 710 g/mol. The number of aliphatic hydroxyl groups excluding tert-OH is 6. The molecule has 2 heterocycles. The molecular formula is C42H71NO12. The molecule has 5 fully saturated rings. The summed E-state index contributed by atoms with van der Waals surface area (Å²) in [6, 6.07) is -1.41. The molecule has 13 heteroatoms. The summed E-state index contributed by atoms with van der Waals surface area (Å²) in [5.74, 6) is -0.445. The van der Waals surface area contributed by atoms with Crippen molar-refractivity contribution in [2.75, 3.05) is 6.61 Å². The fraction of sp³-hybridized carbons (Fsp3) is 0.881. The Morgan fingerprint density at radius 2 is 1.64 bits per heavy atom. The van der Waals surface area contributed by atoms with Gasteiger partial charge in [-0.25, -0.2) is 0 Å². The first-order valence-electron chi connectivity index (χ1n) is 20.5. The van der Waals surface area contributed by atoms with Crippen LogP contribution in [0.25, 0.3) is 0 Å². The average molecular weight is 782 g/mol. The predicted octanol–water partition coefficient (Wildman–Crippen LogP) is 3.39. The third-order valence-electron chi connectivity index (χ3n) is 15.2. The number of hydrogen-bond acceptors (Lipinski definition) is 13. The van der Waals surface area contributed by atoms with E-state index in [2.05, 4.69) is 47.3 Å². The van der Waals surface area contributed by atoms with E-state index in [0.717, 1.165) is 25.7 Å². The monoisotopic (exact) mass is 781 g/mol. The summed E-state index contributed by atoms with van der Waals surface area (Å²) in [6.07, 6.45) is -5.50. The fourth-order valence-electron chi connectivity index (χ4n) is 12.1. The summed E-state index contributed by atoms with van der Waals surface area (Å²) in [7, 11) is 0. The van der Waals surface area contributed by atoms with Gasteiger partial charge in [-0.3, -0.25) is 4.79 Å². The first kappa shape index (κ1) is 44.8. The normalized spacial score (nSPS) is 47.9. The zero-order valence-corrected chi connectivity index (χ0v) is 34.4. The molecule has 0 bridgehead atoms. The summed E-state index contributed by atoms with van der Waals surface area (Å²) in [4.78, 5) is 13.9. The standard InChI is InChI=1S/C42H71NO12/c1-20(2)12-11-13-21(3)25-14-16-41(9)22(4)26(18-27(45)30(25)41)42(10)17-15-29(46)40(7,8)37(42)24(6)53-39-36(33(48)31(43-51)28(19-44)54-39)55-38-35(50)34(49)32(47)23(5)52-38/h12,22-32,34-39,43-47,49-51H,3,11,13-19H2,1-2,4-10H3. The smallest absolute Gasteiger partial charge is 0.191 e. The highest BCUT2D eigenvalue weighted by molar-refractivity contribution is 5.90. The number of fused-ring (bicyclic) bond motifs is 1. The Hall–Kier alpha value is -1.33. The average Bonchev–Trinajstić information content (AvgIpc) is 3.49. The third kappa shape index (κ3) is 8.17. The lowest BCUT2D eigenvalue weighted by Gasteiger charge is -2.63. The van der Waals surface area contributed by atoms with Crippen molar-refractivity contribution < 1.29 is 59.6 Å². The van der Waals surface area contributed by atoms with E-state index in [4.69, 9.17) is 18.9 Å². The van der Waals surface area contributed by atoms with Crippen molar-refractivity contribution in [1.29, 1.82) is 0 Å². The Kier molecular flexibility index (Phi) is 13.9. The summed E-state index contributed by atoms with van der Waals surface area (Å²) >= 11 is 0. The number of carbonyl (C=O) groups excluding carboxylic acids is 1. The van der Waals surface area contributed by atoms with E-state index in [1.165, 1.54) is 18.1 Å². The molecule has 5 aliphatic rings. The lowest BCUT2D eigenvalue weighted by atomic mass is 9.43. The van der Waals surface area contributed by atoms with Crippen molar-refractivity contribution in [2.24, 2.45) is 45.8 Å². The van der Waals surface area contributed by atoms with Crippen molar-refractivity contribution in [2.45, 2.75) is 181 Å². The Balaban J connectivity index is 1.44. The lowest BCUT2D eigenvalue weighted by molar-refractivity contribution is -0.340. The minimum Gasteiger partial charge on any atom is -0.394 e. The van der Waals surface area contributed by atoms with Crippen LogP contribution in [0.4, 0.5) is 0 Å². The van der Waals surface area contributed by atoms with Crippen LogP contribution < -0.4 is 5.48 Å².